The van der Waals surface area contributed by atoms with Crippen LogP contribution in [0.5, 0.6) is 0 Å². The molecule has 21 heavy (non-hydrogen) atoms. The maximum atomic E-state index is 12.6. The molecule has 1 aromatic carbocycles. The molecule has 0 fully saturated rings. The largest absolute Gasteiger partial charge is 0.385 e. The molecule has 112 valence electrons. The van der Waals surface area contributed by atoms with Gasteiger partial charge in [-0.25, -0.2) is 13.4 Å². The van der Waals surface area contributed by atoms with Crippen molar-refractivity contribution in [3.63, 3.8) is 0 Å². The zero-order valence-electron chi connectivity index (χ0n) is 11.7. The molecule has 2 aromatic rings. The van der Waals surface area contributed by atoms with Crippen molar-refractivity contribution in [3.8, 4) is 0 Å². The van der Waals surface area contributed by atoms with Crippen molar-refractivity contribution < 1.29 is 8.42 Å². The Hall–Kier alpha value is -1.93. The van der Waals surface area contributed by atoms with Gasteiger partial charge in [-0.2, -0.15) is 9.40 Å². The number of fused-ring (bicyclic) bond motifs is 1. The van der Waals surface area contributed by atoms with E-state index < -0.39 is 10.0 Å². The van der Waals surface area contributed by atoms with E-state index in [1.807, 2.05) is 6.07 Å². The molecule has 2 N–H and O–H groups in total. The SMILES string of the molecule is CN(Cc1ncn[nH]1)S(=O)(=O)c1ccc2c(c1)CCCN2. The van der Waals surface area contributed by atoms with Crippen molar-refractivity contribution in [2.24, 2.45) is 0 Å². The topological polar surface area (TPSA) is 91.0 Å². The van der Waals surface area contributed by atoms with E-state index in [4.69, 9.17) is 0 Å². The number of hydrogen-bond acceptors (Lipinski definition) is 5. The maximum Gasteiger partial charge on any atom is 0.243 e. The van der Waals surface area contributed by atoms with E-state index in [0.29, 0.717) is 10.7 Å². The number of anilines is 1. The lowest BCUT2D eigenvalue weighted by atomic mass is 10.0. The summed E-state index contributed by atoms with van der Waals surface area (Å²) in [7, 11) is -1.99. The second-order valence-corrected chi connectivity index (χ2v) is 7.09. The Kier molecular flexibility index (Phi) is 3.64. The van der Waals surface area contributed by atoms with Gasteiger partial charge in [0.2, 0.25) is 10.0 Å². The first-order valence-electron chi connectivity index (χ1n) is 6.75. The van der Waals surface area contributed by atoms with Gasteiger partial charge in [-0.05, 0) is 36.6 Å². The Morgan fingerprint density at radius 1 is 1.38 bits per heavy atom. The molecule has 0 saturated heterocycles. The molecule has 1 aromatic heterocycles. The highest BCUT2D eigenvalue weighted by Gasteiger charge is 2.23. The molecule has 0 aliphatic carbocycles. The fourth-order valence-electron chi connectivity index (χ4n) is 2.39. The Labute approximate surface area is 123 Å². The summed E-state index contributed by atoms with van der Waals surface area (Å²) in [5.74, 6) is 0.515. The number of hydrogen-bond donors (Lipinski definition) is 2. The number of rotatable bonds is 4. The minimum Gasteiger partial charge on any atom is -0.385 e. The number of aryl methyl sites for hydroxylation is 1. The van der Waals surface area contributed by atoms with Gasteiger partial charge in [0.25, 0.3) is 0 Å². The molecule has 0 radical (unpaired) electrons. The summed E-state index contributed by atoms with van der Waals surface area (Å²) in [6, 6.07) is 5.24. The zero-order chi connectivity index (χ0) is 14.9. The Morgan fingerprint density at radius 2 is 2.24 bits per heavy atom. The molecule has 3 rings (SSSR count). The van der Waals surface area contributed by atoms with E-state index in [0.717, 1.165) is 30.6 Å². The molecule has 1 aliphatic heterocycles. The van der Waals surface area contributed by atoms with Gasteiger partial charge in [-0.3, -0.25) is 5.10 Å². The van der Waals surface area contributed by atoms with Gasteiger partial charge in [0, 0.05) is 19.3 Å². The first-order chi connectivity index (χ1) is 10.1. The first kappa shape index (κ1) is 14.0. The molecular formula is C13H17N5O2S. The standard InChI is InChI=1S/C13H17N5O2S/c1-18(8-13-15-9-16-17-13)21(19,20)11-4-5-12-10(7-11)3-2-6-14-12/h4-5,7,9,14H,2-3,6,8H2,1H3,(H,15,16,17). The second kappa shape index (κ2) is 5.45. The predicted octanol–water partition coefficient (Wildman–Crippen LogP) is 0.984. The number of nitrogens with zero attached hydrogens (tertiary/aromatic N) is 3. The number of nitrogens with one attached hydrogen (secondary N) is 2. The van der Waals surface area contributed by atoms with Crippen LogP contribution in [-0.4, -0.2) is 41.5 Å². The van der Waals surface area contributed by atoms with Crippen LogP contribution >= 0.6 is 0 Å². The Morgan fingerprint density at radius 3 is 3.00 bits per heavy atom. The molecule has 2 heterocycles. The summed E-state index contributed by atoms with van der Waals surface area (Å²) in [6.07, 6.45) is 3.28. The lowest BCUT2D eigenvalue weighted by Crippen LogP contribution is -2.27. The third-order valence-electron chi connectivity index (χ3n) is 3.56. The number of aromatic nitrogens is 3. The summed E-state index contributed by atoms with van der Waals surface area (Å²) in [5.41, 5.74) is 2.08. The highest BCUT2D eigenvalue weighted by atomic mass is 32.2. The van der Waals surface area contributed by atoms with Crippen molar-refractivity contribution in [1.29, 1.82) is 0 Å². The molecule has 0 saturated carbocycles. The number of H-pyrrole nitrogens is 1. The van der Waals surface area contributed by atoms with Crippen LogP contribution in [0.15, 0.2) is 29.4 Å². The van der Waals surface area contributed by atoms with Crippen molar-refractivity contribution >= 4 is 15.7 Å². The molecule has 1 aliphatic rings. The van der Waals surface area contributed by atoms with Crippen molar-refractivity contribution in [2.45, 2.75) is 24.3 Å². The third-order valence-corrected chi connectivity index (χ3v) is 5.36. The summed E-state index contributed by atoms with van der Waals surface area (Å²) < 4.78 is 26.4. The average Bonchev–Trinajstić information content (AvgIpc) is 2.99. The smallest absolute Gasteiger partial charge is 0.243 e. The van der Waals surface area contributed by atoms with Gasteiger partial charge in [0.1, 0.15) is 12.2 Å². The van der Waals surface area contributed by atoms with E-state index in [-0.39, 0.29) is 6.54 Å². The highest BCUT2D eigenvalue weighted by Crippen LogP contribution is 2.26. The van der Waals surface area contributed by atoms with Crippen molar-refractivity contribution in [1.82, 2.24) is 19.5 Å². The van der Waals surface area contributed by atoms with Gasteiger partial charge < -0.3 is 5.32 Å². The van der Waals surface area contributed by atoms with E-state index in [9.17, 15) is 8.42 Å². The van der Waals surface area contributed by atoms with Crippen LogP contribution in [0.1, 0.15) is 17.8 Å². The minimum absolute atomic E-state index is 0.164. The molecule has 0 bridgehead atoms. The average molecular weight is 307 g/mol. The minimum atomic E-state index is -3.53. The van der Waals surface area contributed by atoms with Gasteiger partial charge in [-0.1, -0.05) is 0 Å². The molecular weight excluding hydrogens is 290 g/mol. The molecule has 7 nitrogen and oxygen atoms in total. The van der Waals surface area contributed by atoms with Crippen molar-refractivity contribution in [3.05, 3.63) is 35.9 Å². The maximum absolute atomic E-state index is 12.6. The summed E-state index contributed by atoms with van der Waals surface area (Å²) >= 11 is 0. The summed E-state index contributed by atoms with van der Waals surface area (Å²) in [6.45, 7) is 1.10. The van der Waals surface area contributed by atoms with Gasteiger partial charge in [0.15, 0.2) is 0 Å². The molecule has 0 unspecified atom stereocenters. The van der Waals surface area contributed by atoms with Crippen LogP contribution in [0.2, 0.25) is 0 Å². The Balaban J connectivity index is 1.87. The van der Waals surface area contributed by atoms with Crippen LogP contribution in [0.4, 0.5) is 5.69 Å². The van der Waals surface area contributed by atoms with E-state index in [2.05, 4.69) is 20.5 Å². The fourth-order valence-corrected chi connectivity index (χ4v) is 3.58. The second-order valence-electron chi connectivity index (χ2n) is 5.04. The summed E-state index contributed by atoms with van der Waals surface area (Å²) in [5, 5.41) is 9.66. The zero-order valence-corrected chi connectivity index (χ0v) is 12.5. The Bertz CT molecular complexity index is 727. The first-order valence-corrected chi connectivity index (χ1v) is 8.19. The number of aromatic amines is 1. The van der Waals surface area contributed by atoms with Crippen LogP contribution in [0.25, 0.3) is 0 Å². The van der Waals surface area contributed by atoms with Crippen LogP contribution < -0.4 is 5.32 Å². The molecule has 0 amide bonds. The van der Waals surface area contributed by atoms with Gasteiger partial charge in [0.05, 0.1) is 11.4 Å². The van der Waals surface area contributed by atoms with Crippen LogP contribution in [0, 0.1) is 0 Å². The monoisotopic (exact) mass is 307 g/mol. The van der Waals surface area contributed by atoms with E-state index in [1.165, 1.54) is 17.7 Å². The predicted molar refractivity (Wildman–Crippen MR) is 78.3 cm³/mol. The van der Waals surface area contributed by atoms with E-state index >= 15 is 0 Å². The van der Waals surface area contributed by atoms with Crippen LogP contribution in [-0.2, 0) is 23.0 Å². The van der Waals surface area contributed by atoms with E-state index in [1.54, 1.807) is 12.1 Å². The van der Waals surface area contributed by atoms with Gasteiger partial charge in [-0.15, -0.1) is 0 Å². The molecule has 0 atom stereocenters. The van der Waals surface area contributed by atoms with Gasteiger partial charge >= 0.3 is 0 Å². The number of benzene rings is 1. The quantitative estimate of drug-likeness (QED) is 0.879. The fraction of sp³-hybridized carbons (Fsp3) is 0.385. The third kappa shape index (κ3) is 2.77. The highest BCUT2D eigenvalue weighted by molar-refractivity contribution is 7.89. The lowest BCUT2D eigenvalue weighted by Gasteiger charge is -2.20. The number of sulfonamides is 1. The van der Waals surface area contributed by atoms with Crippen molar-refractivity contribution in [2.75, 3.05) is 18.9 Å². The lowest BCUT2D eigenvalue weighted by molar-refractivity contribution is 0.457. The molecule has 0 spiro atoms. The normalized spacial score (nSPS) is 14.8. The summed E-state index contributed by atoms with van der Waals surface area (Å²) in [4.78, 5) is 4.26. The van der Waals surface area contributed by atoms with Crippen LogP contribution in [0.3, 0.4) is 0 Å². The molecule has 8 heteroatoms.